The molecule has 20 heavy (non-hydrogen) atoms. The molecule has 0 spiro atoms. The molecule has 0 saturated carbocycles. The van der Waals surface area contributed by atoms with Crippen molar-refractivity contribution in [3.05, 3.63) is 12.7 Å². The molecule has 0 aliphatic heterocycles. The van der Waals surface area contributed by atoms with Gasteiger partial charge in [-0.3, -0.25) is 0 Å². The molecule has 0 aromatic heterocycles. The average molecular weight is 410 g/mol. The third-order valence-electron chi connectivity index (χ3n) is 3.33. The van der Waals surface area contributed by atoms with Crippen LogP contribution in [0.4, 0.5) is 0 Å². The van der Waals surface area contributed by atoms with Crippen molar-refractivity contribution in [3.63, 3.8) is 0 Å². The van der Waals surface area contributed by atoms with Crippen molar-refractivity contribution in [2.24, 2.45) is 0 Å². The van der Waals surface area contributed by atoms with Gasteiger partial charge < -0.3 is 4.74 Å². The quantitative estimate of drug-likeness (QED) is 0.0948. The van der Waals surface area contributed by atoms with Gasteiger partial charge in [-0.2, -0.15) is 0 Å². The van der Waals surface area contributed by atoms with Gasteiger partial charge in [-0.05, 0) is 12.5 Å². The Morgan fingerprint density at radius 2 is 1.45 bits per heavy atom. The molecule has 0 bridgehead atoms. The summed E-state index contributed by atoms with van der Waals surface area (Å²) in [6.07, 6.45) is 12.9. The summed E-state index contributed by atoms with van der Waals surface area (Å²) in [6, 6.07) is 1.47. The molecular weight excluding hydrogens is 379 g/mol. The van der Waals surface area contributed by atoms with Crippen LogP contribution < -0.4 is 0 Å². The first-order chi connectivity index (χ1) is 9.45. The summed E-state index contributed by atoms with van der Waals surface area (Å²) in [4.78, 5) is 10.8. The fraction of sp³-hybridized carbons (Fsp3) is 0.812. The number of halogens is 1. The maximum Gasteiger partial charge on any atom is 0.330 e. The van der Waals surface area contributed by atoms with Crippen LogP contribution in [-0.4, -0.2) is 18.1 Å². The number of carbonyl (C=O) groups is 1. The Bertz CT molecular complexity index is 262. The van der Waals surface area contributed by atoms with E-state index in [1.165, 1.54) is 63.5 Å². The highest BCUT2D eigenvalue weighted by molar-refractivity contribution is 14.1. The Morgan fingerprint density at radius 1 is 1.00 bits per heavy atom. The largest absolute Gasteiger partial charge is 0.463 e. The van der Waals surface area contributed by atoms with E-state index in [1.54, 1.807) is 0 Å². The minimum Gasteiger partial charge on any atom is -0.463 e. The van der Waals surface area contributed by atoms with Gasteiger partial charge in [0.15, 0.2) is 0 Å². The van der Waals surface area contributed by atoms with Crippen molar-refractivity contribution in [2.45, 2.75) is 76.9 Å². The molecule has 0 N–H and O–H groups in total. The fourth-order valence-electron chi connectivity index (χ4n) is 2.12. The molecular formula is C16H31IO2Si. The Morgan fingerprint density at radius 3 is 1.90 bits per heavy atom. The molecule has 0 aliphatic carbocycles. The highest BCUT2D eigenvalue weighted by atomic mass is 127. The van der Waals surface area contributed by atoms with Gasteiger partial charge in [0.2, 0.25) is 0 Å². The minimum absolute atomic E-state index is 0.303. The lowest BCUT2D eigenvalue weighted by atomic mass is 10.1. The maximum absolute atomic E-state index is 10.8. The summed E-state index contributed by atoms with van der Waals surface area (Å²) >= 11 is 2.68. The molecule has 0 amide bonds. The molecule has 0 aromatic carbocycles. The van der Waals surface area contributed by atoms with Crippen LogP contribution in [0.15, 0.2) is 12.7 Å². The standard InChI is InChI=1S/C16H31IO2Si/c1-4-16(18)19-14-12-10-8-6-5-7-9-11-13-15-20(2,3)17/h4H,1,5-15H2,2-3H3. The summed E-state index contributed by atoms with van der Waals surface area (Å²) in [6.45, 7) is 8.80. The highest BCUT2D eigenvalue weighted by Crippen LogP contribution is 2.21. The number of hydrogen-bond acceptors (Lipinski definition) is 2. The van der Waals surface area contributed by atoms with Crippen LogP contribution in [-0.2, 0) is 9.53 Å². The topological polar surface area (TPSA) is 26.3 Å². The molecule has 0 aromatic rings. The lowest BCUT2D eigenvalue weighted by Gasteiger charge is -2.12. The summed E-state index contributed by atoms with van der Waals surface area (Å²) in [5.41, 5.74) is -0.834. The van der Waals surface area contributed by atoms with Gasteiger partial charge >= 0.3 is 5.97 Å². The molecule has 0 saturated heterocycles. The van der Waals surface area contributed by atoms with Crippen LogP contribution in [0, 0.1) is 0 Å². The first-order valence-electron chi connectivity index (χ1n) is 7.94. The Kier molecular flexibility index (Phi) is 13.0. The molecule has 118 valence electrons. The first kappa shape index (κ1) is 20.2. The molecule has 0 heterocycles. The van der Waals surface area contributed by atoms with Gasteiger partial charge in [0, 0.05) is 6.08 Å². The van der Waals surface area contributed by atoms with Crippen molar-refractivity contribution >= 4 is 33.3 Å². The molecule has 4 heteroatoms. The Balaban J connectivity index is 3.10. The Hall–Kier alpha value is 0.157. The zero-order valence-corrected chi connectivity index (χ0v) is 16.4. The van der Waals surface area contributed by atoms with Gasteiger partial charge in [-0.1, -0.05) is 71.0 Å². The zero-order valence-electron chi connectivity index (χ0n) is 13.3. The number of hydrogen-bond donors (Lipinski definition) is 0. The van der Waals surface area contributed by atoms with E-state index < -0.39 is 5.57 Å². The number of carbonyl (C=O) groups excluding carboxylic acids is 1. The molecule has 0 unspecified atom stereocenters. The lowest BCUT2D eigenvalue weighted by molar-refractivity contribution is -0.137. The van der Waals surface area contributed by atoms with E-state index in [2.05, 4.69) is 41.5 Å². The molecule has 0 radical (unpaired) electrons. The lowest BCUT2D eigenvalue weighted by Crippen LogP contribution is -2.13. The van der Waals surface area contributed by atoms with E-state index in [0.29, 0.717) is 6.61 Å². The SMILES string of the molecule is C=CC(=O)OCCCCCCCCCCC[Si](C)(C)I. The Labute approximate surface area is 139 Å². The highest BCUT2D eigenvalue weighted by Gasteiger charge is 2.14. The van der Waals surface area contributed by atoms with Crippen molar-refractivity contribution < 1.29 is 9.53 Å². The van der Waals surface area contributed by atoms with Gasteiger partial charge in [-0.25, -0.2) is 4.79 Å². The third kappa shape index (κ3) is 16.2. The summed E-state index contributed by atoms with van der Waals surface area (Å²) in [5, 5.41) is 0. The number of rotatable bonds is 13. The second-order valence-corrected chi connectivity index (χ2v) is 18.7. The number of ether oxygens (including phenoxy) is 1. The van der Waals surface area contributed by atoms with Crippen LogP contribution >= 0.6 is 21.8 Å². The van der Waals surface area contributed by atoms with Crippen LogP contribution in [0.1, 0.15) is 57.8 Å². The predicted molar refractivity (Wildman–Crippen MR) is 99.0 cm³/mol. The van der Waals surface area contributed by atoms with Gasteiger partial charge in [0.05, 0.1) is 6.61 Å². The van der Waals surface area contributed by atoms with E-state index in [-0.39, 0.29) is 5.97 Å². The minimum atomic E-state index is -0.834. The van der Waals surface area contributed by atoms with Crippen LogP contribution in [0.5, 0.6) is 0 Å². The number of unbranched alkanes of at least 4 members (excludes halogenated alkanes) is 8. The van der Waals surface area contributed by atoms with Crippen molar-refractivity contribution in [3.8, 4) is 0 Å². The van der Waals surface area contributed by atoms with E-state index in [1.807, 2.05) is 0 Å². The van der Waals surface area contributed by atoms with E-state index in [0.717, 1.165) is 6.42 Å². The number of esters is 1. The monoisotopic (exact) mass is 410 g/mol. The van der Waals surface area contributed by atoms with Gasteiger partial charge in [0.1, 0.15) is 5.57 Å². The van der Waals surface area contributed by atoms with Crippen molar-refractivity contribution in [1.82, 2.24) is 0 Å². The molecule has 0 atom stereocenters. The average Bonchev–Trinajstić information content (AvgIpc) is 2.38. The van der Waals surface area contributed by atoms with Crippen molar-refractivity contribution in [1.29, 1.82) is 0 Å². The summed E-state index contributed by atoms with van der Waals surface area (Å²) < 4.78 is 4.94. The van der Waals surface area contributed by atoms with E-state index in [9.17, 15) is 4.79 Å². The summed E-state index contributed by atoms with van der Waals surface area (Å²) in [5.74, 6) is -0.303. The molecule has 0 fully saturated rings. The maximum atomic E-state index is 10.8. The smallest absolute Gasteiger partial charge is 0.330 e. The fourth-order valence-corrected chi connectivity index (χ4v) is 4.35. The van der Waals surface area contributed by atoms with E-state index >= 15 is 0 Å². The van der Waals surface area contributed by atoms with Crippen LogP contribution in [0.2, 0.25) is 19.1 Å². The molecule has 0 aliphatic rings. The predicted octanol–water partition coefficient (Wildman–Crippen LogP) is 5.87. The molecule has 0 rings (SSSR count). The second-order valence-electron chi connectivity index (χ2n) is 6.02. The van der Waals surface area contributed by atoms with Crippen molar-refractivity contribution in [2.75, 3.05) is 6.61 Å². The van der Waals surface area contributed by atoms with Crippen LogP contribution in [0.25, 0.3) is 0 Å². The second kappa shape index (κ2) is 12.9. The normalized spacial score (nSPS) is 11.3. The van der Waals surface area contributed by atoms with Crippen LogP contribution in [0.3, 0.4) is 0 Å². The van der Waals surface area contributed by atoms with E-state index in [4.69, 9.17) is 4.74 Å². The zero-order chi connectivity index (χ0) is 15.3. The summed E-state index contributed by atoms with van der Waals surface area (Å²) in [7, 11) is 0. The van der Waals surface area contributed by atoms with Gasteiger partial charge in [-0.15, -0.1) is 21.8 Å². The molecule has 2 nitrogen and oxygen atoms in total. The first-order valence-corrected chi connectivity index (χ1v) is 14.3. The third-order valence-corrected chi connectivity index (χ3v) is 6.49. The van der Waals surface area contributed by atoms with Gasteiger partial charge in [0.25, 0.3) is 0 Å².